The molecule has 7 nitrogen and oxygen atoms in total. The fourth-order valence-electron chi connectivity index (χ4n) is 2.21. The Morgan fingerprint density at radius 2 is 1.32 bits per heavy atom. The van der Waals surface area contributed by atoms with E-state index in [0.717, 1.165) is 25.0 Å². The Morgan fingerprint density at radius 1 is 0.857 bits per heavy atom. The first-order valence-corrected chi connectivity index (χ1v) is 11.4. The van der Waals surface area contributed by atoms with Crippen LogP contribution in [-0.4, -0.2) is 42.4 Å². The van der Waals surface area contributed by atoms with E-state index in [0.29, 0.717) is 13.0 Å². The Labute approximate surface area is 193 Å². The van der Waals surface area contributed by atoms with Gasteiger partial charge in [-0.2, -0.15) is 8.42 Å². The molecule has 0 heterocycles. The van der Waals surface area contributed by atoms with Crippen molar-refractivity contribution in [2.24, 2.45) is 0 Å². The average molecular weight is 433 g/mol. The minimum atomic E-state index is -3.67. The predicted octanol–water partition coefficient (Wildman–Crippen LogP) is 1.49. The second kappa shape index (κ2) is 22.9. The molecule has 0 saturated carbocycles. The van der Waals surface area contributed by atoms with E-state index in [-0.39, 0.29) is 36.7 Å². The summed E-state index contributed by atoms with van der Waals surface area (Å²) < 4.78 is 32.4. The molecule has 0 saturated heterocycles. The maximum absolute atomic E-state index is 11.0. The largest absolute Gasteiger partial charge is 1.00 e. The summed E-state index contributed by atoms with van der Waals surface area (Å²) in [5.41, 5.74) is 0. The van der Waals surface area contributed by atoms with Gasteiger partial charge in [-0.3, -0.25) is 4.55 Å². The molecule has 162 valence electrons. The molecule has 0 atom stereocenters. The van der Waals surface area contributed by atoms with Gasteiger partial charge in [0.15, 0.2) is 0 Å². The first-order valence-electron chi connectivity index (χ1n) is 9.75. The van der Waals surface area contributed by atoms with Crippen LogP contribution in [0.15, 0.2) is 12.2 Å². The van der Waals surface area contributed by atoms with E-state index >= 15 is 0 Å². The third-order valence-corrected chi connectivity index (χ3v) is 4.49. The van der Waals surface area contributed by atoms with Gasteiger partial charge in [0.1, 0.15) is 0 Å². The van der Waals surface area contributed by atoms with Gasteiger partial charge in [-0.25, -0.2) is 9.59 Å². The molecule has 0 aromatic heterocycles. The fourth-order valence-corrected chi connectivity index (χ4v) is 2.72. The molecule has 9 heteroatoms. The fraction of sp³-hybridized carbons (Fsp3) is 0.789. The van der Waals surface area contributed by atoms with Crippen LogP contribution in [0.5, 0.6) is 0 Å². The van der Waals surface area contributed by atoms with E-state index in [2.05, 4.69) is 6.92 Å². The van der Waals surface area contributed by atoms with Gasteiger partial charge in [-0.1, -0.05) is 71.6 Å². The summed E-state index contributed by atoms with van der Waals surface area (Å²) >= 11 is 0. The SMILES string of the molecule is CCCCCCCCCCCCOC(=O)/C=C\C(=O)O.CCCS(=O)(=O)O.[H-].[Na+]. The van der Waals surface area contributed by atoms with Crippen molar-refractivity contribution < 1.29 is 63.4 Å². The Kier molecular flexibility index (Phi) is 26.4. The molecule has 0 radical (unpaired) electrons. The number of hydrogen-bond donors (Lipinski definition) is 2. The Bertz CT molecular complexity index is 511. The van der Waals surface area contributed by atoms with Crippen LogP contribution in [-0.2, 0) is 24.4 Å². The van der Waals surface area contributed by atoms with Crippen molar-refractivity contribution >= 4 is 22.1 Å². The van der Waals surface area contributed by atoms with Gasteiger partial charge in [-0.15, -0.1) is 0 Å². The minimum absolute atomic E-state index is 0. The van der Waals surface area contributed by atoms with Gasteiger partial charge in [-0.05, 0) is 12.8 Å². The first kappa shape index (κ1) is 32.3. The molecule has 0 aromatic carbocycles. The van der Waals surface area contributed by atoms with Crippen molar-refractivity contribution in [2.45, 2.75) is 84.5 Å². The summed E-state index contributed by atoms with van der Waals surface area (Å²) in [4.78, 5) is 21.2. The van der Waals surface area contributed by atoms with Gasteiger partial charge < -0.3 is 11.3 Å². The van der Waals surface area contributed by atoms with Crippen molar-refractivity contribution in [3.8, 4) is 0 Å². The summed E-state index contributed by atoms with van der Waals surface area (Å²) in [7, 11) is -3.67. The van der Waals surface area contributed by atoms with Crippen LogP contribution >= 0.6 is 0 Å². The van der Waals surface area contributed by atoms with Gasteiger partial charge in [0.2, 0.25) is 0 Å². The maximum Gasteiger partial charge on any atom is 1.00 e. The molecule has 0 bridgehead atoms. The normalized spacial score (nSPS) is 10.7. The molecule has 0 rings (SSSR count). The zero-order chi connectivity index (χ0) is 21.0. The third-order valence-electron chi connectivity index (χ3n) is 3.57. The maximum atomic E-state index is 11.0. The molecule has 28 heavy (non-hydrogen) atoms. The van der Waals surface area contributed by atoms with Gasteiger partial charge in [0.05, 0.1) is 12.4 Å². The van der Waals surface area contributed by atoms with Crippen molar-refractivity contribution in [1.29, 1.82) is 0 Å². The molecule has 0 fully saturated rings. The zero-order valence-corrected chi connectivity index (χ0v) is 20.5. The third kappa shape index (κ3) is 33.2. The number of carboxylic acids is 1. The summed E-state index contributed by atoms with van der Waals surface area (Å²) in [6, 6.07) is 0. The number of carbonyl (C=O) groups excluding carboxylic acids is 1. The summed E-state index contributed by atoms with van der Waals surface area (Å²) in [5.74, 6) is -1.85. The van der Waals surface area contributed by atoms with Crippen molar-refractivity contribution in [3.05, 3.63) is 12.2 Å². The van der Waals surface area contributed by atoms with Gasteiger partial charge in [0, 0.05) is 12.2 Å². The summed E-state index contributed by atoms with van der Waals surface area (Å²) in [6.45, 7) is 4.29. The quantitative estimate of drug-likeness (QED) is 0.132. The Hall–Kier alpha value is -0.410. The predicted molar refractivity (Wildman–Crippen MR) is 107 cm³/mol. The number of aliphatic carboxylic acids is 1. The molecule has 0 aromatic rings. The van der Waals surface area contributed by atoms with Gasteiger partial charge >= 0.3 is 41.5 Å². The average Bonchev–Trinajstić information content (AvgIpc) is 2.57. The van der Waals surface area contributed by atoms with Crippen LogP contribution in [0, 0.1) is 0 Å². The summed E-state index contributed by atoms with van der Waals surface area (Å²) in [5, 5.41) is 8.33. The van der Waals surface area contributed by atoms with Crippen LogP contribution in [0.1, 0.15) is 85.9 Å². The van der Waals surface area contributed by atoms with E-state index in [1.807, 2.05) is 0 Å². The number of carbonyl (C=O) groups is 2. The van der Waals surface area contributed by atoms with E-state index < -0.39 is 22.1 Å². The molecular formula is C19H37NaO7S. The monoisotopic (exact) mass is 432 g/mol. The van der Waals surface area contributed by atoms with Gasteiger partial charge in [0.25, 0.3) is 10.1 Å². The van der Waals surface area contributed by atoms with E-state index in [9.17, 15) is 18.0 Å². The first-order chi connectivity index (χ1) is 12.7. The van der Waals surface area contributed by atoms with Crippen LogP contribution in [0.25, 0.3) is 0 Å². The molecule has 0 aliphatic heterocycles. The Morgan fingerprint density at radius 3 is 1.68 bits per heavy atom. The van der Waals surface area contributed by atoms with Crippen LogP contribution in [0.3, 0.4) is 0 Å². The van der Waals surface area contributed by atoms with Crippen molar-refractivity contribution in [1.82, 2.24) is 0 Å². The number of carboxylic acid groups (broad SMARTS) is 1. The minimum Gasteiger partial charge on any atom is -1.00 e. The molecule has 0 unspecified atom stereocenters. The van der Waals surface area contributed by atoms with E-state index in [1.165, 1.54) is 51.4 Å². The second-order valence-corrected chi connectivity index (χ2v) is 7.88. The molecular weight excluding hydrogens is 395 g/mol. The van der Waals surface area contributed by atoms with Crippen molar-refractivity contribution in [2.75, 3.05) is 12.4 Å². The molecule has 0 aliphatic carbocycles. The molecule has 2 N–H and O–H groups in total. The van der Waals surface area contributed by atoms with Crippen LogP contribution < -0.4 is 29.6 Å². The van der Waals surface area contributed by atoms with Crippen molar-refractivity contribution in [3.63, 3.8) is 0 Å². The van der Waals surface area contributed by atoms with E-state index in [4.69, 9.17) is 14.4 Å². The number of unbranched alkanes of at least 4 members (excludes halogenated alkanes) is 9. The topological polar surface area (TPSA) is 118 Å². The standard InChI is InChI=1S/C16H28O4.C3H8O3S.Na.H/c1-2-3-4-5-6-7-8-9-10-11-14-20-16(19)13-12-15(17)18;1-2-3-7(4,5)6;;/h12-13H,2-11,14H2,1H3,(H,17,18);2-3H2,1H3,(H,4,5,6);;/q;;+1;-1/b13-12-;;;. The molecule has 0 amide bonds. The number of ether oxygens (including phenoxy) is 1. The second-order valence-electron chi connectivity index (χ2n) is 6.31. The summed E-state index contributed by atoms with van der Waals surface area (Å²) in [6.07, 6.45) is 14.5. The van der Waals surface area contributed by atoms with Crippen LogP contribution in [0.2, 0.25) is 0 Å². The number of esters is 1. The Balaban J connectivity index is -0.000000298. The smallest absolute Gasteiger partial charge is 1.00 e. The number of hydrogen-bond acceptors (Lipinski definition) is 5. The zero-order valence-electron chi connectivity index (χ0n) is 18.7. The van der Waals surface area contributed by atoms with E-state index in [1.54, 1.807) is 6.92 Å². The molecule has 0 spiro atoms. The number of rotatable bonds is 15. The molecule has 0 aliphatic rings. The van der Waals surface area contributed by atoms with Crippen LogP contribution in [0.4, 0.5) is 0 Å².